The molecule has 2 fully saturated rings. The quantitative estimate of drug-likeness (QED) is 0.792. The first kappa shape index (κ1) is 19.9. The molecule has 0 spiro atoms. The van der Waals surface area contributed by atoms with Crippen LogP contribution in [0.5, 0.6) is 0 Å². The fraction of sp³-hybridized carbons (Fsp3) is 0.609. The summed E-state index contributed by atoms with van der Waals surface area (Å²) in [6, 6.07) is 10.9. The zero-order valence-corrected chi connectivity index (χ0v) is 16.8. The Kier molecular flexibility index (Phi) is 7.76. The smallest absolute Gasteiger partial charge is 0.317 e. The number of carbonyl (C=O) groups is 1. The molecule has 0 aromatic heterocycles. The highest BCUT2D eigenvalue weighted by molar-refractivity contribution is 5.75. The third-order valence-corrected chi connectivity index (χ3v) is 5.91. The molecule has 1 aromatic carbocycles. The van der Waals surface area contributed by atoms with E-state index in [4.69, 9.17) is 0 Å². The van der Waals surface area contributed by atoms with Crippen LogP contribution in [0.2, 0.25) is 0 Å². The highest BCUT2D eigenvalue weighted by atomic mass is 16.2. The van der Waals surface area contributed by atoms with E-state index in [1.807, 2.05) is 6.07 Å². The van der Waals surface area contributed by atoms with Crippen LogP contribution in [0.1, 0.15) is 57.4 Å². The minimum atomic E-state index is 0.136. The van der Waals surface area contributed by atoms with Gasteiger partial charge in [0.15, 0.2) is 0 Å². The van der Waals surface area contributed by atoms with Crippen LogP contribution in [0.25, 0.3) is 6.08 Å². The van der Waals surface area contributed by atoms with Gasteiger partial charge in [0.25, 0.3) is 0 Å². The zero-order chi connectivity index (χ0) is 18.9. The molecule has 3 N–H and O–H groups in total. The van der Waals surface area contributed by atoms with E-state index in [1.165, 1.54) is 56.3 Å². The Labute approximate surface area is 164 Å². The number of piperidine rings is 1. The molecule has 2 amide bonds. The number of rotatable bonds is 6. The van der Waals surface area contributed by atoms with Gasteiger partial charge in [-0.1, -0.05) is 61.2 Å². The Morgan fingerprint density at radius 1 is 1.11 bits per heavy atom. The van der Waals surface area contributed by atoms with Gasteiger partial charge >= 0.3 is 6.03 Å². The van der Waals surface area contributed by atoms with E-state index in [0.717, 1.165) is 19.4 Å². The summed E-state index contributed by atoms with van der Waals surface area (Å²) in [5, 5.41) is 5.72. The lowest BCUT2D eigenvalue weighted by Gasteiger charge is -2.32. The maximum atomic E-state index is 13.1. The number of carbonyl (C=O) groups excluding carboxylic acids is 1. The summed E-state index contributed by atoms with van der Waals surface area (Å²) < 4.78 is 0. The van der Waals surface area contributed by atoms with Gasteiger partial charge in [0.1, 0.15) is 0 Å². The van der Waals surface area contributed by atoms with Crippen molar-refractivity contribution < 1.29 is 10.1 Å². The lowest BCUT2D eigenvalue weighted by atomic mass is 9.95. The highest BCUT2D eigenvalue weighted by Crippen LogP contribution is 2.19. The second-order valence-electron chi connectivity index (χ2n) is 8.38. The minimum Gasteiger partial charge on any atom is -0.346 e. The molecule has 1 aliphatic heterocycles. The number of hydrogen-bond acceptors (Lipinski definition) is 1. The second kappa shape index (κ2) is 10.5. The van der Waals surface area contributed by atoms with Crippen LogP contribution in [0, 0.1) is 5.92 Å². The largest absolute Gasteiger partial charge is 0.346 e. The standard InChI is InChI=1S/C23H35N3O/c1-19(16-20-8-4-2-5-9-20)17-26(18-21-12-14-24-15-13-21)23(27)25-22-10-6-3-7-11-22/h2,4-5,8-9,16,21-22,24H,3,6-7,10-15,17-18H2,1H3,(H,25,27)/p+1/b19-16+. The molecule has 148 valence electrons. The molecule has 4 heteroatoms. The number of nitrogens with one attached hydrogen (secondary N) is 1. The number of quaternary nitrogens is 1. The summed E-state index contributed by atoms with van der Waals surface area (Å²) in [5.41, 5.74) is 2.44. The molecule has 1 aliphatic carbocycles. The van der Waals surface area contributed by atoms with Gasteiger partial charge in [-0.05, 0) is 31.2 Å². The van der Waals surface area contributed by atoms with E-state index in [2.05, 4.69) is 52.8 Å². The predicted octanol–water partition coefficient (Wildman–Crippen LogP) is 3.41. The summed E-state index contributed by atoms with van der Waals surface area (Å²) in [6.45, 7) is 6.13. The maximum Gasteiger partial charge on any atom is 0.317 e. The Morgan fingerprint density at radius 3 is 2.52 bits per heavy atom. The molecular formula is C23H36N3O+. The number of nitrogens with zero attached hydrogens (tertiary/aromatic N) is 1. The van der Waals surface area contributed by atoms with Gasteiger partial charge < -0.3 is 15.5 Å². The summed E-state index contributed by atoms with van der Waals surface area (Å²) in [4.78, 5) is 15.1. The van der Waals surface area contributed by atoms with Crippen LogP contribution in [-0.4, -0.2) is 43.2 Å². The number of benzene rings is 1. The van der Waals surface area contributed by atoms with Crippen LogP contribution in [0.4, 0.5) is 4.79 Å². The molecule has 4 nitrogen and oxygen atoms in total. The van der Waals surface area contributed by atoms with Crippen molar-refractivity contribution in [3.63, 3.8) is 0 Å². The summed E-state index contributed by atoms with van der Waals surface area (Å²) in [5.74, 6) is 0.636. The van der Waals surface area contributed by atoms with Crippen LogP contribution in [0.15, 0.2) is 35.9 Å². The van der Waals surface area contributed by atoms with Crippen molar-refractivity contribution in [1.29, 1.82) is 0 Å². The Bertz CT molecular complexity index is 601. The van der Waals surface area contributed by atoms with Gasteiger partial charge in [0.2, 0.25) is 0 Å². The van der Waals surface area contributed by atoms with E-state index in [0.29, 0.717) is 18.5 Å². The molecule has 0 unspecified atom stereocenters. The van der Waals surface area contributed by atoms with Crippen LogP contribution in [0.3, 0.4) is 0 Å². The Morgan fingerprint density at radius 2 is 1.81 bits per heavy atom. The lowest BCUT2D eigenvalue weighted by molar-refractivity contribution is -0.664. The van der Waals surface area contributed by atoms with Gasteiger partial charge in [-0.25, -0.2) is 4.79 Å². The topological polar surface area (TPSA) is 49.0 Å². The van der Waals surface area contributed by atoms with E-state index in [-0.39, 0.29) is 6.03 Å². The lowest BCUT2D eigenvalue weighted by Crippen LogP contribution is -2.86. The van der Waals surface area contributed by atoms with Gasteiger partial charge in [0.05, 0.1) is 13.1 Å². The first-order valence-electron chi connectivity index (χ1n) is 10.8. The number of nitrogens with two attached hydrogens (primary N) is 1. The third-order valence-electron chi connectivity index (χ3n) is 5.91. The van der Waals surface area contributed by atoms with Gasteiger partial charge in [-0.15, -0.1) is 0 Å². The maximum absolute atomic E-state index is 13.1. The SMILES string of the molecule is C/C(=C\c1ccccc1)CN(CC1CC[NH2+]CC1)C(=O)NC1CCCCC1. The van der Waals surface area contributed by atoms with Crippen molar-refractivity contribution in [1.82, 2.24) is 10.2 Å². The molecule has 2 aliphatic rings. The minimum absolute atomic E-state index is 0.136. The second-order valence-corrected chi connectivity index (χ2v) is 8.38. The molecule has 1 heterocycles. The average Bonchev–Trinajstić information content (AvgIpc) is 2.70. The number of hydrogen-bond donors (Lipinski definition) is 2. The number of amides is 2. The predicted molar refractivity (Wildman–Crippen MR) is 111 cm³/mol. The van der Waals surface area contributed by atoms with Gasteiger partial charge in [-0.3, -0.25) is 0 Å². The fourth-order valence-electron chi connectivity index (χ4n) is 4.40. The molecule has 0 bridgehead atoms. The first-order valence-corrected chi connectivity index (χ1v) is 10.8. The average molecular weight is 371 g/mol. The molecule has 1 saturated heterocycles. The van der Waals surface area contributed by atoms with Gasteiger partial charge in [-0.2, -0.15) is 0 Å². The first-order chi connectivity index (χ1) is 13.2. The molecule has 0 atom stereocenters. The van der Waals surface area contributed by atoms with Crippen molar-refractivity contribution in [2.75, 3.05) is 26.2 Å². The van der Waals surface area contributed by atoms with Crippen LogP contribution in [-0.2, 0) is 0 Å². The molecular weight excluding hydrogens is 334 g/mol. The zero-order valence-electron chi connectivity index (χ0n) is 16.8. The Balaban J connectivity index is 1.64. The van der Waals surface area contributed by atoms with E-state index >= 15 is 0 Å². The summed E-state index contributed by atoms with van der Waals surface area (Å²) in [6.07, 6.45) is 10.7. The van der Waals surface area contributed by atoms with Crippen molar-refractivity contribution >= 4 is 12.1 Å². The molecule has 27 heavy (non-hydrogen) atoms. The summed E-state index contributed by atoms with van der Waals surface area (Å²) >= 11 is 0. The monoisotopic (exact) mass is 370 g/mol. The van der Waals surface area contributed by atoms with Crippen LogP contribution < -0.4 is 10.6 Å². The Hall–Kier alpha value is -1.81. The highest BCUT2D eigenvalue weighted by Gasteiger charge is 2.24. The van der Waals surface area contributed by atoms with E-state index in [9.17, 15) is 4.79 Å². The van der Waals surface area contributed by atoms with Crippen molar-refractivity contribution in [3.8, 4) is 0 Å². The molecule has 1 saturated carbocycles. The van der Waals surface area contributed by atoms with Crippen LogP contribution >= 0.6 is 0 Å². The molecule has 3 rings (SSSR count). The van der Waals surface area contributed by atoms with E-state index in [1.54, 1.807) is 0 Å². The van der Waals surface area contributed by atoms with Crippen molar-refractivity contribution in [2.45, 2.75) is 57.9 Å². The molecule has 1 aromatic rings. The molecule has 0 radical (unpaired) electrons. The third kappa shape index (κ3) is 6.69. The van der Waals surface area contributed by atoms with Gasteiger partial charge in [0, 0.05) is 32.0 Å². The number of urea groups is 1. The van der Waals surface area contributed by atoms with Crippen molar-refractivity contribution in [2.24, 2.45) is 5.92 Å². The van der Waals surface area contributed by atoms with Crippen molar-refractivity contribution in [3.05, 3.63) is 41.5 Å². The van der Waals surface area contributed by atoms with E-state index < -0.39 is 0 Å². The normalized spacial score (nSPS) is 19.7. The fourth-order valence-corrected chi connectivity index (χ4v) is 4.40. The summed E-state index contributed by atoms with van der Waals surface area (Å²) in [7, 11) is 0.